The van der Waals surface area contributed by atoms with Crippen molar-refractivity contribution in [2.24, 2.45) is 7.05 Å². The van der Waals surface area contributed by atoms with Gasteiger partial charge >= 0.3 is 0 Å². The van der Waals surface area contributed by atoms with Crippen LogP contribution in [0.15, 0.2) is 21.2 Å². The van der Waals surface area contributed by atoms with Gasteiger partial charge in [0.1, 0.15) is 17.2 Å². The molecule has 0 aliphatic heterocycles. The maximum absolute atomic E-state index is 10.0. The smallest absolute Gasteiger partial charge is 0.156 e. The van der Waals surface area contributed by atoms with E-state index in [1.165, 1.54) is 4.68 Å². The summed E-state index contributed by atoms with van der Waals surface area (Å²) in [6.07, 6.45) is -0.854. The molecule has 15 heavy (non-hydrogen) atoms. The number of nitrogens with zero attached hydrogens (tertiary/aromatic N) is 3. The summed E-state index contributed by atoms with van der Waals surface area (Å²) in [5.74, 6) is 1.24. The standard InChI is InChI=1S/C9H10BrN3O2/c1-5-3-4-6(15-5)8(14)7-9(10)11-12-13(7)2/h3-4,8,14H,1-2H3. The van der Waals surface area contributed by atoms with Gasteiger partial charge in [-0.2, -0.15) is 0 Å². The third-order valence-electron chi connectivity index (χ3n) is 2.12. The lowest BCUT2D eigenvalue weighted by Gasteiger charge is -2.07. The van der Waals surface area contributed by atoms with Crippen molar-refractivity contribution in [2.75, 3.05) is 0 Å². The van der Waals surface area contributed by atoms with Crippen LogP contribution in [0.3, 0.4) is 0 Å². The van der Waals surface area contributed by atoms with Crippen molar-refractivity contribution in [1.82, 2.24) is 15.0 Å². The molecule has 0 aliphatic rings. The molecule has 0 amide bonds. The summed E-state index contributed by atoms with van der Waals surface area (Å²) >= 11 is 3.23. The fourth-order valence-electron chi connectivity index (χ4n) is 1.36. The number of aryl methyl sites for hydroxylation is 2. The molecular formula is C9H10BrN3O2. The first kappa shape index (κ1) is 10.4. The van der Waals surface area contributed by atoms with E-state index in [2.05, 4.69) is 26.2 Å². The van der Waals surface area contributed by atoms with E-state index in [1.54, 1.807) is 19.2 Å². The van der Waals surface area contributed by atoms with E-state index in [0.717, 1.165) is 5.76 Å². The second kappa shape index (κ2) is 3.79. The molecule has 0 spiro atoms. The molecule has 2 aromatic heterocycles. The third-order valence-corrected chi connectivity index (χ3v) is 2.68. The summed E-state index contributed by atoms with van der Waals surface area (Å²) in [7, 11) is 1.71. The Morgan fingerprint density at radius 2 is 2.27 bits per heavy atom. The second-order valence-electron chi connectivity index (χ2n) is 3.24. The molecule has 2 rings (SSSR count). The van der Waals surface area contributed by atoms with Crippen LogP contribution in [0.1, 0.15) is 23.3 Å². The molecule has 1 N–H and O–H groups in total. The molecule has 0 saturated heterocycles. The zero-order valence-corrected chi connectivity index (χ0v) is 9.89. The third kappa shape index (κ3) is 1.82. The normalized spacial score (nSPS) is 13.1. The van der Waals surface area contributed by atoms with Gasteiger partial charge in [-0.25, -0.2) is 4.68 Å². The molecule has 6 heteroatoms. The fourth-order valence-corrected chi connectivity index (χ4v) is 1.91. The van der Waals surface area contributed by atoms with E-state index in [1.807, 2.05) is 6.92 Å². The lowest BCUT2D eigenvalue weighted by molar-refractivity contribution is 0.177. The number of aliphatic hydroxyl groups excluding tert-OH is 1. The number of hydrogen-bond acceptors (Lipinski definition) is 4. The van der Waals surface area contributed by atoms with Crippen molar-refractivity contribution in [1.29, 1.82) is 0 Å². The summed E-state index contributed by atoms with van der Waals surface area (Å²) in [5.41, 5.74) is 0.573. The van der Waals surface area contributed by atoms with Crippen LogP contribution >= 0.6 is 15.9 Å². The Morgan fingerprint density at radius 1 is 1.53 bits per heavy atom. The van der Waals surface area contributed by atoms with E-state index in [0.29, 0.717) is 16.1 Å². The largest absolute Gasteiger partial charge is 0.463 e. The first-order valence-corrected chi connectivity index (χ1v) is 5.18. The first-order chi connectivity index (χ1) is 7.09. The molecule has 5 nitrogen and oxygen atoms in total. The number of hydrogen-bond donors (Lipinski definition) is 1. The van der Waals surface area contributed by atoms with Crippen LogP contribution in [0.2, 0.25) is 0 Å². The maximum atomic E-state index is 10.0. The van der Waals surface area contributed by atoms with Gasteiger partial charge in [-0.15, -0.1) is 5.10 Å². The minimum atomic E-state index is -0.854. The van der Waals surface area contributed by atoms with Crippen molar-refractivity contribution in [3.63, 3.8) is 0 Å². The molecule has 0 fully saturated rings. The number of rotatable bonds is 2. The molecule has 0 aromatic carbocycles. The van der Waals surface area contributed by atoms with Crippen LogP contribution in [0.4, 0.5) is 0 Å². The zero-order chi connectivity index (χ0) is 11.0. The van der Waals surface area contributed by atoms with E-state index in [-0.39, 0.29) is 0 Å². The highest BCUT2D eigenvalue weighted by Gasteiger charge is 2.21. The Kier molecular flexibility index (Phi) is 2.62. The Morgan fingerprint density at radius 3 is 2.73 bits per heavy atom. The van der Waals surface area contributed by atoms with Crippen molar-refractivity contribution >= 4 is 15.9 Å². The highest BCUT2D eigenvalue weighted by Crippen LogP contribution is 2.27. The SMILES string of the molecule is Cc1ccc(C(O)c2c(Br)nnn2C)o1. The highest BCUT2D eigenvalue weighted by molar-refractivity contribution is 9.10. The van der Waals surface area contributed by atoms with Gasteiger partial charge in [0.05, 0.1) is 0 Å². The average Bonchev–Trinajstić information content (AvgIpc) is 2.73. The van der Waals surface area contributed by atoms with Crippen LogP contribution in [0.25, 0.3) is 0 Å². The quantitative estimate of drug-likeness (QED) is 0.901. The minimum absolute atomic E-state index is 0.485. The van der Waals surface area contributed by atoms with Gasteiger partial charge in [0.2, 0.25) is 0 Å². The second-order valence-corrected chi connectivity index (χ2v) is 3.99. The molecule has 1 atom stereocenters. The average molecular weight is 272 g/mol. The fraction of sp³-hybridized carbons (Fsp3) is 0.333. The van der Waals surface area contributed by atoms with E-state index in [4.69, 9.17) is 4.42 Å². The predicted octanol–water partition coefficient (Wildman–Crippen LogP) is 1.56. The number of aromatic nitrogens is 3. The molecule has 2 heterocycles. The van der Waals surface area contributed by atoms with Crippen molar-refractivity contribution in [2.45, 2.75) is 13.0 Å². The van der Waals surface area contributed by atoms with Crippen molar-refractivity contribution in [3.05, 3.63) is 34.0 Å². The molecule has 0 saturated carbocycles. The van der Waals surface area contributed by atoms with Crippen LogP contribution in [-0.4, -0.2) is 20.1 Å². The van der Waals surface area contributed by atoms with Gasteiger partial charge in [0, 0.05) is 7.05 Å². The number of aliphatic hydroxyl groups is 1. The molecule has 0 radical (unpaired) electrons. The van der Waals surface area contributed by atoms with E-state index in [9.17, 15) is 5.11 Å². The van der Waals surface area contributed by atoms with Gasteiger partial charge in [0.15, 0.2) is 10.7 Å². The summed E-state index contributed by atoms with van der Waals surface area (Å²) in [6, 6.07) is 3.54. The molecule has 1 unspecified atom stereocenters. The Hall–Kier alpha value is -1.14. The topological polar surface area (TPSA) is 64.1 Å². The first-order valence-electron chi connectivity index (χ1n) is 4.39. The molecule has 80 valence electrons. The summed E-state index contributed by atoms with van der Waals surface area (Å²) in [6.45, 7) is 1.83. The Labute approximate surface area is 94.8 Å². The van der Waals surface area contributed by atoms with Gasteiger partial charge in [-0.05, 0) is 35.0 Å². The predicted molar refractivity (Wildman–Crippen MR) is 56.2 cm³/mol. The summed E-state index contributed by atoms with van der Waals surface area (Å²) < 4.78 is 7.37. The van der Waals surface area contributed by atoms with Gasteiger partial charge in [0.25, 0.3) is 0 Å². The summed E-state index contributed by atoms with van der Waals surface area (Å²) in [4.78, 5) is 0. The van der Waals surface area contributed by atoms with Crippen LogP contribution in [0, 0.1) is 6.92 Å². The van der Waals surface area contributed by atoms with Gasteiger partial charge in [-0.3, -0.25) is 0 Å². The Bertz CT molecular complexity index is 458. The van der Waals surface area contributed by atoms with E-state index < -0.39 is 6.10 Å². The van der Waals surface area contributed by atoms with Crippen LogP contribution < -0.4 is 0 Å². The van der Waals surface area contributed by atoms with Crippen molar-refractivity contribution < 1.29 is 9.52 Å². The highest BCUT2D eigenvalue weighted by atomic mass is 79.9. The lowest BCUT2D eigenvalue weighted by Crippen LogP contribution is -2.06. The number of furan rings is 1. The van der Waals surface area contributed by atoms with Crippen molar-refractivity contribution in [3.8, 4) is 0 Å². The molecule has 0 bridgehead atoms. The summed E-state index contributed by atoms with van der Waals surface area (Å²) in [5, 5.41) is 17.6. The molecular weight excluding hydrogens is 262 g/mol. The van der Waals surface area contributed by atoms with Crippen LogP contribution in [0.5, 0.6) is 0 Å². The Balaban J connectivity index is 2.40. The molecule has 2 aromatic rings. The van der Waals surface area contributed by atoms with E-state index >= 15 is 0 Å². The zero-order valence-electron chi connectivity index (χ0n) is 8.31. The maximum Gasteiger partial charge on any atom is 0.156 e. The van der Waals surface area contributed by atoms with Gasteiger partial charge < -0.3 is 9.52 Å². The number of halogens is 1. The minimum Gasteiger partial charge on any atom is -0.463 e. The van der Waals surface area contributed by atoms with Gasteiger partial charge in [-0.1, -0.05) is 5.21 Å². The monoisotopic (exact) mass is 271 g/mol. The molecule has 0 aliphatic carbocycles. The van der Waals surface area contributed by atoms with Crippen LogP contribution in [-0.2, 0) is 7.05 Å². The lowest BCUT2D eigenvalue weighted by atomic mass is 10.2.